The van der Waals surface area contributed by atoms with Crippen molar-refractivity contribution in [3.63, 3.8) is 0 Å². The van der Waals surface area contributed by atoms with Crippen molar-refractivity contribution in [1.82, 2.24) is 9.97 Å². The van der Waals surface area contributed by atoms with Crippen molar-refractivity contribution in [2.75, 3.05) is 5.73 Å². The number of nitrogen functional groups attached to an aromatic ring is 1. The van der Waals surface area contributed by atoms with Crippen LogP contribution in [-0.2, 0) is 0 Å². The number of aromatic nitrogens is 2. The van der Waals surface area contributed by atoms with Crippen LogP contribution in [-0.4, -0.2) is 9.97 Å². The van der Waals surface area contributed by atoms with Crippen LogP contribution in [0.3, 0.4) is 0 Å². The number of aryl methyl sites for hydroxylation is 2. The molecule has 2 aromatic rings. The lowest BCUT2D eigenvalue weighted by Gasteiger charge is -2.08. The molecular weight excluding hydrogens is 205 g/mol. The van der Waals surface area contributed by atoms with Crippen molar-refractivity contribution in [2.45, 2.75) is 13.8 Å². The molecule has 0 aliphatic rings. The van der Waals surface area contributed by atoms with Gasteiger partial charge in [0.25, 0.3) is 0 Å². The normalized spacial score (nSPS) is 10.4. The monoisotopic (exact) mass is 217 g/mol. The van der Waals surface area contributed by atoms with Gasteiger partial charge in [0.05, 0.1) is 0 Å². The minimum absolute atomic E-state index is 0.248. The highest BCUT2D eigenvalue weighted by atomic mass is 19.1. The lowest BCUT2D eigenvalue weighted by Crippen LogP contribution is -1.98. The SMILES string of the molecule is Cc1cc(F)cc(C)c1-c1nccc(N)n1. The van der Waals surface area contributed by atoms with Crippen LogP contribution in [0.25, 0.3) is 11.4 Å². The zero-order valence-corrected chi connectivity index (χ0v) is 9.16. The van der Waals surface area contributed by atoms with Crippen molar-refractivity contribution in [1.29, 1.82) is 0 Å². The predicted molar refractivity (Wildman–Crippen MR) is 61.3 cm³/mol. The summed E-state index contributed by atoms with van der Waals surface area (Å²) in [4.78, 5) is 8.29. The zero-order valence-electron chi connectivity index (χ0n) is 9.16. The van der Waals surface area contributed by atoms with Crippen LogP contribution in [0.2, 0.25) is 0 Å². The largest absolute Gasteiger partial charge is 0.384 e. The molecule has 82 valence electrons. The molecule has 0 bridgehead atoms. The van der Waals surface area contributed by atoms with E-state index in [1.54, 1.807) is 12.3 Å². The highest BCUT2D eigenvalue weighted by Crippen LogP contribution is 2.25. The van der Waals surface area contributed by atoms with Crippen LogP contribution in [0, 0.1) is 19.7 Å². The van der Waals surface area contributed by atoms with Gasteiger partial charge in [0, 0.05) is 11.8 Å². The van der Waals surface area contributed by atoms with Gasteiger partial charge in [0.15, 0.2) is 5.82 Å². The minimum Gasteiger partial charge on any atom is -0.384 e. The molecule has 1 aromatic heterocycles. The molecule has 0 saturated carbocycles. The van der Waals surface area contributed by atoms with E-state index in [2.05, 4.69) is 9.97 Å². The quantitative estimate of drug-likeness (QED) is 0.798. The van der Waals surface area contributed by atoms with Crippen molar-refractivity contribution in [2.24, 2.45) is 0 Å². The van der Waals surface area contributed by atoms with Crippen molar-refractivity contribution in [3.05, 3.63) is 41.3 Å². The van der Waals surface area contributed by atoms with Crippen LogP contribution < -0.4 is 5.73 Å². The lowest BCUT2D eigenvalue weighted by molar-refractivity contribution is 0.625. The second kappa shape index (κ2) is 3.89. The molecule has 4 heteroatoms. The number of benzene rings is 1. The summed E-state index contributed by atoms with van der Waals surface area (Å²) in [6, 6.07) is 4.56. The van der Waals surface area contributed by atoms with Gasteiger partial charge in [-0.15, -0.1) is 0 Å². The minimum atomic E-state index is -0.248. The first kappa shape index (κ1) is 10.5. The van der Waals surface area contributed by atoms with E-state index in [0.29, 0.717) is 11.6 Å². The molecule has 1 heterocycles. The van der Waals surface area contributed by atoms with E-state index < -0.39 is 0 Å². The molecular formula is C12H12FN3. The Bertz CT molecular complexity index is 515. The van der Waals surface area contributed by atoms with Gasteiger partial charge in [-0.1, -0.05) is 0 Å². The maximum atomic E-state index is 13.1. The van der Waals surface area contributed by atoms with E-state index in [1.165, 1.54) is 12.1 Å². The van der Waals surface area contributed by atoms with Crippen LogP contribution in [0.15, 0.2) is 24.4 Å². The van der Waals surface area contributed by atoms with Gasteiger partial charge in [-0.05, 0) is 43.2 Å². The van der Waals surface area contributed by atoms with E-state index >= 15 is 0 Å². The van der Waals surface area contributed by atoms with Crippen LogP contribution in [0.5, 0.6) is 0 Å². The molecule has 0 fully saturated rings. The third kappa shape index (κ3) is 1.86. The first-order valence-corrected chi connectivity index (χ1v) is 4.93. The second-order valence-corrected chi connectivity index (χ2v) is 3.72. The molecule has 0 saturated heterocycles. The van der Waals surface area contributed by atoms with Gasteiger partial charge < -0.3 is 5.73 Å². The summed E-state index contributed by atoms with van der Waals surface area (Å²) in [6.07, 6.45) is 1.60. The maximum absolute atomic E-state index is 13.1. The zero-order chi connectivity index (χ0) is 11.7. The number of hydrogen-bond donors (Lipinski definition) is 1. The fourth-order valence-corrected chi connectivity index (χ4v) is 1.76. The third-order valence-corrected chi connectivity index (χ3v) is 2.40. The van der Waals surface area contributed by atoms with Gasteiger partial charge in [-0.2, -0.15) is 0 Å². The Morgan fingerprint density at radius 2 is 1.81 bits per heavy atom. The molecule has 0 aliphatic heterocycles. The molecule has 0 aliphatic carbocycles. The first-order chi connectivity index (χ1) is 7.58. The highest BCUT2D eigenvalue weighted by molar-refractivity contribution is 5.65. The molecule has 1 aromatic carbocycles. The highest BCUT2D eigenvalue weighted by Gasteiger charge is 2.10. The van der Waals surface area contributed by atoms with Crippen molar-refractivity contribution >= 4 is 5.82 Å². The van der Waals surface area contributed by atoms with Crippen LogP contribution >= 0.6 is 0 Å². The summed E-state index contributed by atoms with van der Waals surface area (Å²) in [7, 11) is 0. The van der Waals surface area contributed by atoms with Crippen molar-refractivity contribution in [3.8, 4) is 11.4 Å². The fraction of sp³-hybridized carbons (Fsp3) is 0.167. The molecule has 0 spiro atoms. The molecule has 2 N–H and O–H groups in total. The Balaban J connectivity index is 2.64. The summed E-state index contributed by atoms with van der Waals surface area (Å²) in [5, 5.41) is 0. The number of halogens is 1. The topological polar surface area (TPSA) is 51.8 Å². The molecule has 0 amide bonds. The predicted octanol–water partition coefficient (Wildman–Crippen LogP) is 2.48. The van der Waals surface area contributed by atoms with Gasteiger partial charge in [0.1, 0.15) is 11.6 Å². The van der Waals surface area contributed by atoms with E-state index in [-0.39, 0.29) is 5.82 Å². The summed E-state index contributed by atoms with van der Waals surface area (Å²) in [5.41, 5.74) is 8.06. The number of nitrogens with two attached hydrogens (primary N) is 1. The smallest absolute Gasteiger partial charge is 0.162 e. The Hall–Kier alpha value is -1.97. The van der Waals surface area contributed by atoms with E-state index in [1.807, 2.05) is 13.8 Å². The molecule has 16 heavy (non-hydrogen) atoms. The summed E-state index contributed by atoms with van der Waals surface area (Å²) >= 11 is 0. The molecule has 0 unspecified atom stereocenters. The molecule has 0 radical (unpaired) electrons. The Morgan fingerprint density at radius 3 is 2.38 bits per heavy atom. The summed E-state index contributed by atoms with van der Waals surface area (Å²) in [5.74, 6) is 0.700. The van der Waals surface area contributed by atoms with Crippen LogP contribution in [0.4, 0.5) is 10.2 Å². The third-order valence-electron chi connectivity index (χ3n) is 2.40. The van der Waals surface area contributed by atoms with E-state index in [9.17, 15) is 4.39 Å². The van der Waals surface area contributed by atoms with Gasteiger partial charge in [-0.3, -0.25) is 0 Å². The number of nitrogens with zero attached hydrogens (tertiary/aromatic N) is 2. The maximum Gasteiger partial charge on any atom is 0.162 e. The average molecular weight is 217 g/mol. The number of rotatable bonds is 1. The second-order valence-electron chi connectivity index (χ2n) is 3.72. The summed E-state index contributed by atoms with van der Waals surface area (Å²) in [6.45, 7) is 3.66. The molecule has 3 nitrogen and oxygen atoms in total. The average Bonchev–Trinajstić information content (AvgIpc) is 2.15. The van der Waals surface area contributed by atoms with Gasteiger partial charge in [-0.25, -0.2) is 14.4 Å². The number of hydrogen-bond acceptors (Lipinski definition) is 3. The molecule has 2 rings (SSSR count). The molecule has 0 atom stereocenters. The lowest BCUT2D eigenvalue weighted by atomic mass is 10.0. The summed E-state index contributed by atoms with van der Waals surface area (Å²) < 4.78 is 13.1. The van der Waals surface area contributed by atoms with Crippen molar-refractivity contribution < 1.29 is 4.39 Å². The van der Waals surface area contributed by atoms with Gasteiger partial charge >= 0.3 is 0 Å². The Labute approximate surface area is 93.2 Å². The van der Waals surface area contributed by atoms with Crippen LogP contribution in [0.1, 0.15) is 11.1 Å². The Morgan fingerprint density at radius 1 is 1.19 bits per heavy atom. The number of anilines is 1. The van der Waals surface area contributed by atoms with E-state index in [4.69, 9.17) is 5.73 Å². The Kier molecular flexibility index (Phi) is 2.56. The fourth-order valence-electron chi connectivity index (χ4n) is 1.76. The standard InChI is InChI=1S/C12H12FN3/c1-7-5-9(13)6-8(2)11(7)12-15-4-3-10(14)16-12/h3-6H,1-2H3,(H2,14,15,16). The van der Waals surface area contributed by atoms with Gasteiger partial charge in [0.2, 0.25) is 0 Å². The van der Waals surface area contributed by atoms with E-state index in [0.717, 1.165) is 16.7 Å². The first-order valence-electron chi connectivity index (χ1n) is 4.93.